The second-order valence-corrected chi connectivity index (χ2v) is 10.2. The zero-order valence-electron chi connectivity index (χ0n) is 23.9. The third-order valence-electron chi connectivity index (χ3n) is 5.11. The SMILES string of the molecule is CCCCOC(=O)[C@@H](NC(=O)[C@H](CCNC(=O)OC(C)(C)C)NC(=O)CCC(=O)OC(C)CCC)C(C)O. The molecule has 0 radical (unpaired) electrons. The number of alkyl carbamates (subject to hydrolysis) is 1. The Balaban J connectivity index is 5.26. The molecule has 12 heteroatoms. The Bertz CT molecular complexity index is 766. The minimum absolute atomic E-state index is 0.0376. The van der Waals surface area contributed by atoms with Crippen LogP contribution in [0.2, 0.25) is 0 Å². The van der Waals surface area contributed by atoms with Gasteiger partial charge in [0.25, 0.3) is 0 Å². The molecule has 0 aromatic rings. The van der Waals surface area contributed by atoms with Crippen LogP contribution in [0.15, 0.2) is 0 Å². The average Bonchev–Trinajstić information content (AvgIpc) is 2.79. The van der Waals surface area contributed by atoms with Gasteiger partial charge in [-0.3, -0.25) is 14.4 Å². The Hall–Kier alpha value is -2.89. The lowest BCUT2D eigenvalue weighted by atomic mass is 10.1. The minimum atomic E-state index is -1.35. The molecule has 0 rings (SSSR count). The third-order valence-corrected chi connectivity index (χ3v) is 5.11. The smallest absolute Gasteiger partial charge is 0.407 e. The van der Waals surface area contributed by atoms with Crippen molar-refractivity contribution >= 4 is 29.8 Å². The summed E-state index contributed by atoms with van der Waals surface area (Å²) in [4.78, 5) is 61.9. The first-order valence-corrected chi connectivity index (χ1v) is 13.3. The number of carbonyl (C=O) groups is 5. The van der Waals surface area contributed by atoms with E-state index >= 15 is 0 Å². The molecule has 0 aliphatic heterocycles. The number of nitrogens with one attached hydrogen (secondary N) is 3. The topological polar surface area (TPSA) is 169 Å². The first kappa shape index (κ1) is 35.1. The number of rotatable bonds is 17. The molecule has 3 amide bonds. The van der Waals surface area contributed by atoms with Gasteiger partial charge >= 0.3 is 18.0 Å². The highest BCUT2D eigenvalue weighted by molar-refractivity contribution is 5.91. The van der Waals surface area contributed by atoms with Gasteiger partial charge in [-0.25, -0.2) is 9.59 Å². The van der Waals surface area contributed by atoms with Gasteiger partial charge in [-0.1, -0.05) is 26.7 Å². The van der Waals surface area contributed by atoms with Crippen LogP contribution in [0.4, 0.5) is 4.79 Å². The monoisotopic (exact) mass is 545 g/mol. The quantitative estimate of drug-likeness (QED) is 0.121. The van der Waals surface area contributed by atoms with E-state index < -0.39 is 53.6 Å². The molecule has 0 spiro atoms. The van der Waals surface area contributed by atoms with E-state index in [4.69, 9.17) is 14.2 Å². The van der Waals surface area contributed by atoms with Gasteiger partial charge in [0, 0.05) is 13.0 Å². The molecule has 0 saturated heterocycles. The van der Waals surface area contributed by atoms with E-state index in [0.29, 0.717) is 12.8 Å². The summed E-state index contributed by atoms with van der Waals surface area (Å²) in [6.07, 6.45) is 0.305. The zero-order valence-corrected chi connectivity index (χ0v) is 23.9. The Kier molecular flexibility index (Phi) is 17.0. The van der Waals surface area contributed by atoms with Crippen LogP contribution in [-0.4, -0.2) is 78.0 Å². The molecule has 12 nitrogen and oxygen atoms in total. The maximum Gasteiger partial charge on any atom is 0.407 e. The summed E-state index contributed by atoms with van der Waals surface area (Å²) in [5.41, 5.74) is -0.721. The van der Waals surface area contributed by atoms with Gasteiger partial charge in [-0.05, 0) is 53.9 Å². The summed E-state index contributed by atoms with van der Waals surface area (Å²) in [7, 11) is 0. The van der Waals surface area contributed by atoms with Crippen molar-refractivity contribution in [1.29, 1.82) is 0 Å². The lowest BCUT2D eigenvalue weighted by Crippen LogP contribution is -2.55. The van der Waals surface area contributed by atoms with Crippen LogP contribution in [0.1, 0.15) is 93.4 Å². The Morgan fingerprint density at radius 2 is 1.58 bits per heavy atom. The molecule has 4 atom stereocenters. The maximum atomic E-state index is 13.0. The second kappa shape index (κ2) is 18.4. The van der Waals surface area contributed by atoms with Crippen molar-refractivity contribution in [2.24, 2.45) is 0 Å². The van der Waals surface area contributed by atoms with Crippen LogP contribution < -0.4 is 16.0 Å². The maximum absolute atomic E-state index is 13.0. The Morgan fingerprint density at radius 1 is 0.921 bits per heavy atom. The molecule has 0 aliphatic rings. The molecule has 0 saturated carbocycles. The summed E-state index contributed by atoms with van der Waals surface area (Å²) < 4.78 is 15.5. The number of ether oxygens (including phenoxy) is 3. The van der Waals surface area contributed by atoms with Gasteiger partial charge in [0.05, 0.1) is 25.2 Å². The van der Waals surface area contributed by atoms with Crippen LogP contribution in [0.5, 0.6) is 0 Å². The largest absolute Gasteiger partial charge is 0.464 e. The number of unbranched alkanes of at least 4 members (excludes halogenated alkanes) is 1. The lowest BCUT2D eigenvalue weighted by Gasteiger charge is -2.24. The third kappa shape index (κ3) is 16.8. The zero-order chi connectivity index (χ0) is 29.3. The van der Waals surface area contributed by atoms with E-state index in [1.807, 2.05) is 13.8 Å². The number of carbonyl (C=O) groups excluding carboxylic acids is 5. The molecule has 2 unspecified atom stereocenters. The molecule has 0 fully saturated rings. The van der Waals surface area contributed by atoms with Crippen LogP contribution in [0.25, 0.3) is 0 Å². The summed E-state index contributed by atoms with van der Waals surface area (Å²) in [5.74, 6) is -2.69. The van der Waals surface area contributed by atoms with Gasteiger partial charge in [-0.2, -0.15) is 0 Å². The molecule has 4 N–H and O–H groups in total. The predicted molar refractivity (Wildman–Crippen MR) is 140 cm³/mol. The highest BCUT2D eigenvalue weighted by atomic mass is 16.6. The molecular formula is C26H47N3O9. The van der Waals surface area contributed by atoms with Crippen LogP contribution in [-0.2, 0) is 33.4 Å². The molecule has 0 aromatic heterocycles. The van der Waals surface area contributed by atoms with Crippen LogP contribution in [0.3, 0.4) is 0 Å². The average molecular weight is 546 g/mol. The highest BCUT2D eigenvalue weighted by Gasteiger charge is 2.31. The summed E-state index contributed by atoms with van der Waals surface area (Å²) in [5, 5.41) is 17.5. The van der Waals surface area contributed by atoms with Crippen LogP contribution >= 0.6 is 0 Å². The van der Waals surface area contributed by atoms with E-state index in [9.17, 15) is 29.1 Å². The summed E-state index contributed by atoms with van der Waals surface area (Å²) in [6, 6.07) is -2.54. The number of hydrogen-bond acceptors (Lipinski definition) is 9. The van der Waals surface area contributed by atoms with Gasteiger partial charge < -0.3 is 35.3 Å². The van der Waals surface area contributed by atoms with Crippen molar-refractivity contribution < 1.29 is 43.3 Å². The normalized spacial score (nSPS) is 14.3. The fourth-order valence-electron chi connectivity index (χ4n) is 3.17. The van der Waals surface area contributed by atoms with Crippen molar-refractivity contribution in [3.63, 3.8) is 0 Å². The number of aliphatic hydroxyl groups is 1. The highest BCUT2D eigenvalue weighted by Crippen LogP contribution is 2.08. The Labute approximate surface area is 225 Å². The lowest BCUT2D eigenvalue weighted by molar-refractivity contribution is -0.151. The van der Waals surface area contributed by atoms with E-state index in [0.717, 1.165) is 12.8 Å². The first-order valence-electron chi connectivity index (χ1n) is 13.3. The minimum Gasteiger partial charge on any atom is -0.464 e. The van der Waals surface area contributed by atoms with Gasteiger partial charge in [0.1, 0.15) is 11.6 Å². The van der Waals surface area contributed by atoms with E-state index in [-0.39, 0.29) is 38.5 Å². The summed E-state index contributed by atoms with van der Waals surface area (Å²) in [6.45, 7) is 12.2. The number of hydrogen-bond donors (Lipinski definition) is 4. The molecular weight excluding hydrogens is 498 g/mol. The number of amides is 3. The summed E-state index contributed by atoms with van der Waals surface area (Å²) >= 11 is 0. The van der Waals surface area contributed by atoms with Crippen molar-refractivity contribution in [2.45, 2.75) is 123 Å². The van der Waals surface area contributed by atoms with Gasteiger partial charge in [0.15, 0.2) is 6.04 Å². The van der Waals surface area contributed by atoms with E-state index in [1.54, 1.807) is 27.7 Å². The fraction of sp³-hybridized carbons (Fsp3) is 0.808. The standard InChI is InChI=1S/C26H47N3O9/c1-8-10-16-36-24(34)22(18(4)30)29-23(33)19(14-15-27-25(35)38-26(5,6)7)28-20(31)12-13-21(32)37-17(3)11-9-2/h17-19,22,30H,8-16H2,1-7H3,(H,27,35)(H,28,31)(H,29,33)/t17?,18?,19-,22-/m0/s1. The second-order valence-electron chi connectivity index (χ2n) is 10.2. The molecule has 38 heavy (non-hydrogen) atoms. The van der Waals surface area contributed by atoms with Crippen molar-refractivity contribution in [1.82, 2.24) is 16.0 Å². The molecule has 0 aliphatic carbocycles. The van der Waals surface area contributed by atoms with Gasteiger partial charge in [-0.15, -0.1) is 0 Å². The van der Waals surface area contributed by atoms with E-state index in [1.165, 1.54) is 6.92 Å². The van der Waals surface area contributed by atoms with Crippen molar-refractivity contribution in [2.75, 3.05) is 13.2 Å². The number of aliphatic hydroxyl groups excluding tert-OH is 1. The van der Waals surface area contributed by atoms with Crippen molar-refractivity contribution in [3.05, 3.63) is 0 Å². The molecule has 0 bridgehead atoms. The molecule has 0 aromatic carbocycles. The Morgan fingerprint density at radius 3 is 2.13 bits per heavy atom. The predicted octanol–water partition coefficient (Wildman–Crippen LogP) is 2.11. The van der Waals surface area contributed by atoms with Crippen LogP contribution in [0, 0.1) is 0 Å². The number of esters is 2. The van der Waals surface area contributed by atoms with Gasteiger partial charge in [0.2, 0.25) is 11.8 Å². The van der Waals surface area contributed by atoms with E-state index in [2.05, 4.69) is 16.0 Å². The molecule has 0 heterocycles. The van der Waals surface area contributed by atoms with Crippen molar-refractivity contribution in [3.8, 4) is 0 Å². The first-order chi connectivity index (χ1) is 17.7. The molecule has 220 valence electrons. The fourth-order valence-corrected chi connectivity index (χ4v) is 3.17.